The summed E-state index contributed by atoms with van der Waals surface area (Å²) < 4.78 is 5.60. The summed E-state index contributed by atoms with van der Waals surface area (Å²) in [6.45, 7) is 4.49. The molecule has 0 aliphatic carbocycles. The first-order valence-corrected chi connectivity index (χ1v) is 6.14. The molecule has 0 saturated heterocycles. The van der Waals surface area contributed by atoms with Crippen molar-refractivity contribution in [3.8, 4) is 5.75 Å². The van der Waals surface area contributed by atoms with Gasteiger partial charge in [0.25, 0.3) is 0 Å². The van der Waals surface area contributed by atoms with Crippen LogP contribution in [0.15, 0.2) is 30.3 Å². The highest BCUT2D eigenvalue weighted by atomic mass is 16.5. The Kier molecular flexibility index (Phi) is 6.08. The number of benzene rings is 1. The molecular formula is C15H20O2. The first-order chi connectivity index (χ1) is 8.22. The van der Waals surface area contributed by atoms with Gasteiger partial charge in [0.15, 0.2) is 5.78 Å². The fourth-order valence-corrected chi connectivity index (χ4v) is 1.43. The van der Waals surface area contributed by atoms with Crippen LogP contribution in [0.2, 0.25) is 0 Å². The van der Waals surface area contributed by atoms with Gasteiger partial charge in [-0.25, -0.2) is 0 Å². The number of hydrogen-bond acceptors (Lipinski definition) is 2. The number of ketones is 1. The summed E-state index contributed by atoms with van der Waals surface area (Å²) in [5, 5.41) is 0. The molecule has 17 heavy (non-hydrogen) atoms. The smallest absolute Gasteiger partial charge is 0.152 e. The standard InChI is InChI=1S/C15H20O2/c1-3-4-5-12-17-15-10-8-14(9-11-15)7-6-13(2)16/h6-11H,3-5,12H2,1-2H3. The molecule has 0 fully saturated rings. The minimum atomic E-state index is 0.0601. The maximum atomic E-state index is 10.8. The minimum Gasteiger partial charge on any atom is -0.494 e. The number of hydrogen-bond donors (Lipinski definition) is 0. The van der Waals surface area contributed by atoms with Crippen LogP contribution < -0.4 is 4.74 Å². The van der Waals surface area contributed by atoms with Crippen LogP contribution in [0.3, 0.4) is 0 Å². The van der Waals surface area contributed by atoms with Crippen LogP contribution in [-0.4, -0.2) is 12.4 Å². The fourth-order valence-electron chi connectivity index (χ4n) is 1.43. The highest BCUT2D eigenvalue weighted by Crippen LogP contribution is 2.13. The van der Waals surface area contributed by atoms with Gasteiger partial charge < -0.3 is 4.74 Å². The molecule has 0 heterocycles. The SMILES string of the molecule is CCCCCOc1ccc(C=CC(C)=O)cc1. The first-order valence-electron chi connectivity index (χ1n) is 6.14. The Hall–Kier alpha value is -1.57. The zero-order valence-corrected chi connectivity index (χ0v) is 10.6. The van der Waals surface area contributed by atoms with Crippen molar-refractivity contribution in [3.63, 3.8) is 0 Å². The van der Waals surface area contributed by atoms with Crippen LogP contribution in [0, 0.1) is 0 Å². The van der Waals surface area contributed by atoms with Crippen LogP contribution >= 0.6 is 0 Å². The van der Waals surface area contributed by atoms with E-state index >= 15 is 0 Å². The second kappa shape index (κ2) is 7.66. The quantitative estimate of drug-likeness (QED) is 0.527. The second-order valence-electron chi connectivity index (χ2n) is 4.07. The van der Waals surface area contributed by atoms with Crippen LogP contribution in [0.25, 0.3) is 6.08 Å². The lowest BCUT2D eigenvalue weighted by Crippen LogP contribution is -1.96. The van der Waals surface area contributed by atoms with E-state index in [0.29, 0.717) is 0 Å². The maximum Gasteiger partial charge on any atom is 0.152 e. The Morgan fingerprint density at radius 1 is 1.24 bits per heavy atom. The molecule has 1 aromatic rings. The summed E-state index contributed by atoms with van der Waals surface area (Å²) in [7, 11) is 0. The predicted molar refractivity (Wildman–Crippen MR) is 71.2 cm³/mol. The van der Waals surface area contributed by atoms with Gasteiger partial charge in [-0.1, -0.05) is 38.0 Å². The van der Waals surface area contributed by atoms with Gasteiger partial charge in [0.2, 0.25) is 0 Å². The number of ether oxygens (including phenoxy) is 1. The van der Waals surface area contributed by atoms with Crippen molar-refractivity contribution in [2.75, 3.05) is 6.61 Å². The average molecular weight is 232 g/mol. The van der Waals surface area contributed by atoms with Crippen LogP contribution in [0.1, 0.15) is 38.7 Å². The fraction of sp³-hybridized carbons (Fsp3) is 0.400. The van der Waals surface area contributed by atoms with Crippen molar-refractivity contribution in [1.29, 1.82) is 0 Å². The molecule has 2 heteroatoms. The molecule has 0 aliphatic rings. The summed E-state index contributed by atoms with van der Waals surface area (Å²) in [5.74, 6) is 0.950. The lowest BCUT2D eigenvalue weighted by Gasteiger charge is -2.05. The topological polar surface area (TPSA) is 26.3 Å². The maximum absolute atomic E-state index is 10.8. The minimum absolute atomic E-state index is 0.0601. The van der Waals surface area contributed by atoms with Crippen LogP contribution in [-0.2, 0) is 4.79 Å². The van der Waals surface area contributed by atoms with E-state index in [1.807, 2.05) is 30.3 Å². The van der Waals surface area contributed by atoms with Crippen LogP contribution in [0.4, 0.5) is 0 Å². The molecule has 1 aromatic carbocycles. The number of carbonyl (C=O) groups is 1. The van der Waals surface area contributed by atoms with E-state index in [1.54, 1.807) is 13.0 Å². The van der Waals surface area contributed by atoms with Gasteiger partial charge in [-0.05, 0) is 37.1 Å². The van der Waals surface area contributed by atoms with E-state index in [4.69, 9.17) is 4.74 Å². The normalized spacial score (nSPS) is 10.7. The predicted octanol–water partition coefficient (Wildman–Crippen LogP) is 3.86. The molecule has 0 saturated carbocycles. The molecule has 2 nitrogen and oxygen atoms in total. The van der Waals surface area contributed by atoms with Crippen molar-refractivity contribution >= 4 is 11.9 Å². The lowest BCUT2D eigenvalue weighted by atomic mass is 10.2. The van der Waals surface area contributed by atoms with Gasteiger partial charge in [-0.15, -0.1) is 0 Å². The Labute approximate surface area is 103 Å². The molecule has 0 bridgehead atoms. The van der Waals surface area contributed by atoms with E-state index < -0.39 is 0 Å². The van der Waals surface area contributed by atoms with Gasteiger partial charge in [0.05, 0.1) is 6.61 Å². The van der Waals surface area contributed by atoms with Crippen LogP contribution in [0.5, 0.6) is 5.75 Å². The van der Waals surface area contributed by atoms with Crippen molar-refractivity contribution < 1.29 is 9.53 Å². The molecule has 0 aromatic heterocycles. The molecule has 0 N–H and O–H groups in total. The van der Waals surface area contributed by atoms with Crippen molar-refractivity contribution in [2.45, 2.75) is 33.1 Å². The molecule has 1 rings (SSSR count). The Morgan fingerprint density at radius 3 is 2.53 bits per heavy atom. The molecule has 0 unspecified atom stereocenters. The highest BCUT2D eigenvalue weighted by Gasteiger charge is 1.94. The molecular weight excluding hydrogens is 212 g/mol. The molecule has 0 amide bonds. The van der Waals surface area contributed by atoms with Gasteiger partial charge in [0.1, 0.15) is 5.75 Å². The zero-order valence-electron chi connectivity index (χ0n) is 10.6. The number of carbonyl (C=O) groups excluding carboxylic acids is 1. The Bertz CT molecular complexity index is 363. The molecule has 92 valence electrons. The first kappa shape index (κ1) is 13.5. The number of allylic oxidation sites excluding steroid dienone is 1. The largest absolute Gasteiger partial charge is 0.494 e. The molecule has 0 aliphatic heterocycles. The second-order valence-corrected chi connectivity index (χ2v) is 4.07. The molecule has 0 spiro atoms. The van der Waals surface area contributed by atoms with Crippen molar-refractivity contribution in [3.05, 3.63) is 35.9 Å². The third-order valence-electron chi connectivity index (χ3n) is 2.41. The Morgan fingerprint density at radius 2 is 1.94 bits per heavy atom. The zero-order chi connectivity index (χ0) is 12.5. The number of unbranched alkanes of at least 4 members (excludes halogenated alkanes) is 2. The third-order valence-corrected chi connectivity index (χ3v) is 2.41. The summed E-state index contributed by atoms with van der Waals surface area (Å²) in [4.78, 5) is 10.8. The van der Waals surface area contributed by atoms with Gasteiger partial charge in [-0.3, -0.25) is 4.79 Å². The third kappa shape index (κ3) is 5.91. The van der Waals surface area contributed by atoms with E-state index in [-0.39, 0.29) is 5.78 Å². The van der Waals surface area contributed by atoms with Crippen molar-refractivity contribution in [2.24, 2.45) is 0 Å². The van der Waals surface area contributed by atoms with E-state index in [9.17, 15) is 4.79 Å². The molecule has 0 atom stereocenters. The van der Waals surface area contributed by atoms with Gasteiger partial charge in [-0.2, -0.15) is 0 Å². The number of rotatable bonds is 7. The monoisotopic (exact) mass is 232 g/mol. The van der Waals surface area contributed by atoms with Crippen molar-refractivity contribution in [1.82, 2.24) is 0 Å². The lowest BCUT2D eigenvalue weighted by molar-refractivity contribution is -0.112. The van der Waals surface area contributed by atoms with E-state index in [0.717, 1.165) is 24.3 Å². The average Bonchev–Trinajstić information content (AvgIpc) is 2.33. The van der Waals surface area contributed by atoms with E-state index in [2.05, 4.69) is 6.92 Å². The van der Waals surface area contributed by atoms with Gasteiger partial charge >= 0.3 is 0 Å². The van der Waals surface area contributed by atoms with E-state index in [1.165, 1.54) is 12.8 Å². The summed E-state index contributed by atoms with van der Waals surface area (Å²) in [6, 6.07) is 7.78. The summed E-state index contributed by atoms with van der Waals surface area (Å²) in [6.07, 6.45) is 6.89. The summed E-state index contributed by atoms with van der Waals surface area (Å²) in [5.41, 5.74) is 1.01. The Balaban J connectivity index is 2.42. The van der Waals surface area contributed by atoms with Gasteiger partial charge in [0, 0.05) is 0 Å². The highest BCUT2D eigenvalue weighted by molar-refractivity contribution is 5.91. The summed E-state index contributed by atoms with van der Waals surface area (Å²) >= 11 is 0. The molecule has 0 radical (unpaired) electrons.